The molecule has 2 rings (SSSR count). The molecule has 2 saturated carbocycles. The fourth-order valence-corrected chi connectivity index (χ4v) is 2.40. The van der Waals surface area contributed by atoms with Gasteiger partial charge in [0.05, 0.1) is 4.99 Å². The second-order valence-corrected chi connectivity index (χ2v) is 4.80. The van der Waals surface area contributed by atoms with E-state index in [-0.39, 0.29) is 23.8 Å². The van der Waals surface area contributed by atoms with Gasteiger partial charge in [0.25, 0.3) is 0 Å². The number of carbonyl (C=O) groups excluding carboxylic acids is 1. The van der Waals surface area contributed by atoms with Crippen molar-refractivity contribution in [2.45, 2.75) is 38.1 Å². The number of hydrogen-bond acceptors (Lipinski definition) is 2. The van der Waals surface area contributed by atoms with Crippen molar-refractivity contribution in [3.8, 4) is 0 Å². The second kappa shape index (κ2) is 3.85. The highest BCUT2D eigenvalue weighted by atomic mass is 32.1. The molecule has 0 radical (unpaired) electrons. The molecule has 2 unspecified atom stereocenters. The molecule has 78 valence electrons. The highest BCUT2D eigenvalue weighted by Crippen LogP contribution is 2.31. The van der Waals surface area contributed by atoms with E-state index < -0.39 is 0 Å². The van der Waals surface area contributed by atoms with Crippen molar-refractivity contribution in [3.05, 3.63) is 0 Å². The zero-order valence-corrected chi connectivity index (χ0v) is 8.98. The molecule has 0 bridgehead atoms. The Morgan fingerprint density at radius 3 is 2.57 bits per heavy atom. The normalized spacial score (nSPS) is 31.4. The summed E-state index contributed by atoms with van der Waals surface area (Å²) in [6, 6.07) is 0.209. The largest absolute Gasteiger partial charge is 0.393 e. The first kappa shape index (κ1) is 9.90. The summed E-state index contributed by atoms with van der Waals surface area (Å²) in [5, 5.41) is 3.07. The molecule has 0 aromatic carbocycles. The Balaban J connectivity index is 1.89. The molecule has 0 heterocycles. The minimum Gasteiger partial charge on any atom is -0.393 e. The van der Waals surface area contributed by atoms with Gasteiger partial charge in [-0.2, -0.15) is 0 Å². The number of rotatable bonds is 3. The average molecular weight is 212 g/mol. The molecule has 1 amide bonds. The van der Waals surface area contributed by atoms with Crippen LogP contribution < -0.4 is 11.1 Å². The summed E-state index contributed by atoms with van der Waals surface area (Å²) in [6.07, 6.45) is 5.29. The first-order chi connectivity index (χ1) is 6.68. The van der Waals surface area contributed by atoms with Crippen LogP contribution in [0.2, 0.25) is 0 Å². The van der Waals surface area contributed by atoms with E-state index in [1.165, 1.54) is 0 Å². The lowest BCUT2D eigenvalue weighted by Crippen LogP contribution is -2.42. The second-order valence-electron chi connectivity index (χ2n) is 4.33. The minimum absolute atomic E-state index is 0.207. The van der Waals surface area contributed by atoms with Crippen LogP contribution in [0.25, 0.3) is 0 Å². The van der Waals surface area contributed by atoms with Gasteiger partial charge in [-0.1, -0.05) is 18.6 Å². The van der Waals surface area contributed by atoms with Gasteiger partial charge in [0.2, 0.25) is 5.91 Å². The molecule has 4 heteroatoms. The Bertz CT molecular complexity index is 263. The van der Waals surface area contributed by atoms with Crippen LogP contribution in [0, 0.1) is 11.8 Å². The van der Waals surface area contributed by atoms with Gasteiger partial charge in [0.1, 0.15) is 0 Å². The van der Waals surface area contributed by atoms with Crippen LogP contribution in [0.1, 0.15) is 32.1 Å². The Kier molecular flexibility index (Phi) is 2.72. The molecular formula is C10H16N2OS. The molecule has 14 heavy (non-hydrogen) atoms. The van der Waals surface area contributed by atoms with Crippen molar-refractivity contribution in [3.63, 3.8) is 0 Å². The molecule has 0 aromatic rings. The van der Waals surface area contributed by atoms with Crippen LogP contribution in [-0.2, 0) is 4.79 Å². The number of thiocarbonyl (C=S) groups is 1. The Morgan fingerprint density at radius 2 is 2.00 bits per heavy atom. The predicted molar refractivity (Wildman–Crippen MR) is 58.8 cm³/mol. The van der Waals surface area contributed by atoms with E-state index in [1.54, 1.807) is 0 Å². The molecule has 0 aliphatic heterocycles. The molecular weight excluding hydrogens is 196 g/mol. The number of hydrogen-bond donors (Lipinski definition) is 2. The fraction of sp³-hybridized carbons (Fsp3) is 0.800. The van der Waals surface area contributed by atoms with Crippen LogP contribution in [0.4, 0.5) is 0 Å². The lowest BCUT2D eigenvalue weighted by Gasteiger charge is -2.19. The fourth-order valence-electron chi connectivity index (χ4n) is 2.12. The number of amides is 1. The lowest BCUT2D eigenvalue weighted by molar-refractivity contribution is -0.123. The zero-order chi connectivity index (χ0) is 10.1. The van der Waals surface area contributed by atoms with Gasteiger partial charge in [-0.05, 0) is 25.7 Å². The maximum Gasteiger partial charge on any atom is 0.223 e. The highest BCUT2D eigenvalue weighted by molar-refractivity contribution is 7.80. The Morgan fingerprint density at radius 1 is 1.29 bits per heavy atom. The standard InChI is InChI=1S/C10H16N2OS/c11-9(14)7-2-1-3-8(7)12-10(13)6-4-5-6/h6-8H,1-5H2,(H2,11,14)(H,12,13). The van der Waals surface area contributed by atoms with Gasteiger partial charge in [-0.25, -0.2) is 0 Å². The molecule has 0 spiro atoms. The van der Waals surface area contributed by atoms with E-state index >= 15 is 0 Å². The predicted octanol–water partition coefficient (Wildman–Crippen LogP) is 0.967. The number of carbonyl (C=O) groups is 1. The minimum atomic E-state index is 0.207. The van der Waals surface area contributed by atoms with Crippen LogP contribution in [0.5, 0.6) is 0 Å². The van der Waals surface area contributed by atoms with Crippen molar-refractivity contribution < 1.29 is 4.79 Å². The summed E-state index contributed by atoms with van der Waals surface area (Å²) in [5.74, 6) is 0.716. The summed E-state index contributed by atoms with van der Waals surface area (Å²) in [6.45, 7) is 0. The molecule has 2 atom stereocenters. The summed E-state index contributed by atoms with van der Waals surface area (Å²) in [5.41, 5.74) is 5.64. The third-order valence-electron chi connectivity index (χ3n) is 3.16. The van der Waals surface area contributed by atoms with Crippen molar-refractivity contribution >= 4 is 23.1 Å². The molecule has 0 aromatic heterocycles. The first-order valence-corrected chi connectivity index (χ1v) is 5.69. The lowest BCUT2D eigenvalue weighted by atomic mass is 10.0. The third-order valence-corrected chi connectivity index (χ3v) is 3.46. The van der Waals surface area contributed by atoms with E-state index in [0.717, 1.165) is 32.1 Å². The monoisotopic (exact) mass is 212 g/mol. The Hall–Kier alpha value is -0.640. The molecule has 3 N–H and O–H groups in total. The zero-order valence-electron chi connectivity index (χ0n) is 8.16. The van der Waals surface area contributed by atoms with Gasteiger partial charge in [-0.3, -0.25) is 4.79 Å². The maximum atomic E-state index is 11.5. The van der Waals surface area contributed by atoms with Crippen molar-refractivity contribution in [2.24, 2.45) is 17.6 Å². The highest BCUT2D eigenvalue weighted by Gasteiger charge is 2.35. The van der Waals surface area contributed by atoms with E-state index in [1.807, 2.05) is 0 Å². The first-order valence-electron chi connectivity index (χ1n) is 5.28. The van der Waals surface area contributed by atoms with Crippen molar-refractivity contribution in [1.29, 1.82) is 0 Å². The van der Waals surface area contributed by atoms with Gasteiger partial charge >= 0.3 is 0 Å². The van der Waals surface area contributed by atoms with E-state index in [4.69, 9.17) is 18.0 Å². The topological polar surface area (TPSA) is 55.1 Å². The van der Waals surface area contributed by atoms with Crippen molar-refractivity contribution in [2.75, 3.05) is 0 Å². The van der Waals surface area contributed by atoms with E-state index in [9.17, 15) is 4.79 Å². The molecule has 2 aliphatic carbocycles. The Labute approximate surface area is 89.4 Å². The van der Waals surface area contributed by atoms with Gasteiger partial charge in [0.15, 0.2) is 0 Å². The van der Waals surface area contributed by atoms with Crippen LogP contribution in [-0.4, -0.2) is 16.9 Å². The van der Waals surface area contributed by atoms with Crippen LogP contribution in [0.3, 0.4) is 0 Å². The van der Waals surface area contributed by atoms with E-state index in [2.05, 4.69) is 5.32 Å². The molecule has 0 saturated heterocycles. The number of nitrogens with one attached hydrogen (secondary N) is 1. The summed E-state index contributed by atoms with van der Waals surface area (Å²) < 4.78 is 0. The third kappa shape index (κ3) is 2.05. The molecule has 2 aliphatic rings. The van der Waals surface area contributed by atoms with Crippen LogP contribution in [0.15, 0.2) is 0 Å². The quantitative estimate of drug-likeness (QED) is 0.685. The average Bonchev–Trinajstić information content (AvgIpc) is 2.87. The summed E-state index contributed by atoms with van der Waals surface area (Å²) in [4.78, 5) is 12.1. The molecule has 2 fully saturated rings. The smallest absolute Gasteiger partial charge is 0.223 e. The maximum absolute atomic E-state index is 11.5. The number of nitrogens with two attached hydrogens (primary N) is 1. The summed E-state index contributed by atoms with van der Waals surface area (Å²) >= 11 is 4.99. The van der Waals surface area contributed by atoms with E-state index in [0.29, 0.717) is 4.99 Å². The van der Waals surface area contributed by atoms with Gasteiger partial charge in [-0.15, -0.1) is 0 Å². The van der Waals surface area contributed by atoms with Crippen molar-refractivity contribution in [1.82, 2.24) is 5.32 Å². The SMILES string of the molecule is NC(=S)C1CCCC1NC(=O)C1CC1. The molecule has 3 nitrogen and oxygen atoms in total. The van der Waals surface area contributed by atoms with Crippen LogP contribution >= 0.6 is 12.2 Å². The summed E-state index contributed by atoms with van der Waals surface area (Å²) in [7, 11) is 0. The van der Waals surface area contributed by atoms with Gasteiger partial charge < -0.3 is 11.1 Å². The van der Waals surface area contributed by atoms with Gasteiger partial charge in [0, 0.05) is 17.9 Å².